The average Bonchev–Trinajstić information content (AvgIpc) is 2.68. The minimum absolute atomic E-state index is 0.0543. The summed E-state index contributed by atoms with van der Waals surface area (Å²) in [4.78, 5) is 25.1. The Morgan fingerprint density at radius 1 is 1.21 bits per heavy atom. The molecule has 3 rings (SSSR count). The van der Waals surface area contributed by atoms with E-state index in [1.807, 2.05) is 4.90 Å². The molecule has 0 radical (unpaired) electrons. The smallest absolute Gasteiger partial charge is 0.294 e. The predicted molar refractivity (Wildman–Crippen MR) is 109 cm³/mol. The summed E-state index contributed by atoms with van der Waals surface area (Å²) in [6.45, 7) is 2.60. The number of carbonyl (C=O) groups is 1. The van der Waals surface area contributed by atoms with Gasteiger partial charge in [0.15, 0.2) is 6.61 Å². The van der Waals surface area contributed by atoms with Crippen molar-refractivity contribution in [1.29, 1.82) is 0 Å². The number of rotatable bonds is 6. The lowest BCUT2D eigenvalue weighted by molar-refractivity contribution is -0.384. The van der Waals surface area contributed by atoms with Gasteiger partial charge in [0.25, 0.3) is 11.6 Å². The van der Waals surface area contributed by atoms with E-state index in [1.54, 1.807) is 24.3 Å². The fourth-order valence-electron chi connectivity index (χ4n) is 2.85. The van der Waals surface area contributed by atoms with Gasteiger partial charge < -0.3 is 20.3 Å². The Balaban J connectivity index is 1.66. The molecule has 1 amide bonds. The van der Waals surface area contributed by atoms with Crippen molar-refractivity contribution < 1.29 is 14.5 Å². The number of nitro groups is 1. The average molecular weight is 425 g/mol. The molecule has 1 aliphatic heterocycles. The van der Waals surface area contributed by atoms with Crippen molar-refractivity contribution in [2.24, 2.45) is 0 Å². The molecule has 1 fully saturated rings. The Morgan fingerprint density at radius 2 is 1.96 bits per heavy atom. The van der Waals surface area contributed by atoms with Crippen molar-refractivity contribution in [2.45, 2.75) is 0 Å². The van der Waals surface area contributed by atoms with Crippen molar-refractivity contribution in [3.63, 3.8) is 0 Å². The number of nitro benzene ring substituents is 1. The van der Waals surface area contributed by atoms with E-state index < -0.39 is 10.8 Å². The molecule has 2 N–H and O–H groups in total. The molecule has 0 aliphatic carbocycles. The zero-order valence-corrected chi connectivity index (χ0v) is 16.3. The molecule has 148 valence electrons. The molecule has 28 heavy (non-hydrogen) atoms. The summed E-state index contributed by atoms with van der Waals surface area (Å²) in [6, 6.07) is 9.30. The molecule has 0 aromatic heterocycles. The topological polar surface area (TPSA) is 96.7 Å². The molecule has 2 aromatic carbocycles. The van der Waals surface area contributed by atoms with E-state index in [0.717, 1.165) is 13.1 Å². The molecule has 0 bridgehead atoms. The third kappa shape index (κ3) is 5.03. The van der Waals surface area contributed by atoms with Crippen LogP contribution in [-0.2, 0) is 4.79 Å². The van der Waals surface area contributed by atoms with Gasteiger partial charge in [0.05, 0.1) is 9.95 Å². The first-order valence-electron chi connectivity index (χ1n) is 8.56. The SMILES string of the molecule is O=C(COc1ccc(Cl)cc1Cl)Nc1ccc(N2CCNCC2)c([N+](=O)[O-])c1. The van der Waals surface area contributed by atoms with E-state index >= 15 is 0 Å². The molecular weight excluding hydrogens is 407 g/mol. The van der Waals surface area contributed by atoms with Crippen LogP contribution in [0.1, 0.15) is 0 Å². The van der Waals surface area contributed by atoms with Crippen molar-refractivity contribution in [1.82, 2.24) is 5.32 Å². The zero-order chi connectivity index (χ0) is 20.1. The fraction of sp³-hybridized carbons (Fsp3) is 0.278. The number of nitrogens with zero attached hydrogens (tertiary/aromatic N) is 2. The quantitative estimate of drug-likeness (QED) is 0.545. The third-order valence-corrected chi connectivity index (χ3v) is 4.70. The van der Waals surface area contributed by atoms with Crippen LogP contribution < -0.4 is 20.3 Å². The monoisotopic (exact) mass is 424 g/mol. The summed E-state index contributed by atoms with van der Waals surface area (Å²) in [7, 11) is 0. The van der Waals surface area contributed by atoms with Crippen LogP contribution in [0.2, 0.25) is 10.0 Å². The van der Waals surface area contributed by atoms with Crippen LogP contribution in [-0.4, -0.2) is 43.6 Å². The first-order chi connectivity index (χ1) is 13.4. The van der Waals surface area contributed by atoms with E-state index in [-0.39, 0.29) is 17.3 Å². The second-order valence-corrected chi connectivity index (χ2v) is 6.95. The Labute approximate surface area is 171 Å². The van der Waals surface area contributed by atoms with Gasteiger partial charge in [-0.05, 0) is 30.3 Å². The lowest BCUT2D eigenvalue weighted by Gasteiger charge is -2.29. The lowest BCUT2D eigenvalue weighted by atomic mass is 10.2. The molecule has 1 heterocycles. The lowest BCUT2D eigenvalue weighted by Crippen LogP contribution is -2.43. The molecular formula is C18H18Cl2N4O4. The van der Waals surface area contributed by atoms with Crippen LogP contribution in [0.4, 0.5) is 17.1 Å². The Morgan fingerprint density at radius 3 is 2.64 bits per heavy atom. The number of benzene rings is 2. The third-order valence-electron chi connectivity index (χ3n) is 4.17. The Kier molecular flexibility index (Phi) is 6.56. The highest BCUT2D eigenvalue weighted by atomic mass is 35.5. The summed E-state index contributed by atoms with van der Waals surface area (Å²) in [5.41, 5.74) is 0.802. The van der Waals surface area contributed by atoms with Crippen molar-refractivity contribution in [3.05, 3.63) is 56.6 Å². The van der Waals surface area contributed by atoms with Gasteiger partial charge in [-0.15, -0.1) is 0 Å². The number of hydrogen-bond donors (Lipinski definition) is 2. The molecule has 0 spiro atoms. The number of nitrogens with one attached hydrogen (secondary N) is 2. The van der Waals surface area contributed by atoms with E-state index in [4.69, 9.17) is 27.9 Å². The van der Waals surface area contributed by atoms with Gasteiger partial charge in [0, 0.05) is 43.0 Å². The molecule has 10 heteroatoms. The second-order valence-electron chi connectivity index (χ2n) is 6.11. The number of anilines is 2. The normalized spacial score (nSPS) is 13.9. The van der Waals surface area contributed by atoms with Crippen LogP contribution in [0.3, 0.4) is 0 Å². The maximum absolute atomic E-state index is 12.1. The minimum atomic E-state index is -0.463. The summed E-state index contributed by atoms with van der Waals surface area (Å²) in [6.07, 6.45) is 0. The molecule has 2 aromatic rings. The first kappa shape index (κ1) is 20.2. The molecule has 0 atom stereocenters. The summed E-state index contributed by atoms with van der Waals surface area (Å²) >= 11 is 11.8. The van der Waals surface area contributed by atoms with Gasteiger partial charge in [-0.3, -0.25) is 14.9 Å². The van der Waals surface area contributed by atoms with Gasteiger partial charge in [0.1, 0.15) is 11.4 Å². The predicted octanol–water partition coefficient (Wildman–Crippen LogP) is 3.33. The fourth-order valence-corrected chi connectivity index (χ4v) is 3.32. The molecule has 1 aliphatic rings. The van der Waals surface area contributed by atoms with E-state index in [0.29, 0.717) is 35.2 Å². The van der Waals surface area contributed by atoms with Gasteiger partial charge in [-0.25, -0.2) is 0 Å². The highest BCUT2D eigenvalue weighted by molar-refractivity contribution is 6.35. The van der Waals surface area contributed by atoms with E-state index in [1.165, 1.54) is 12.1 Å². The highest BCUT2D eigenvalue weighted by Crippen LogP contribution is 2.31. The van der Waals surface area contributed by atoms with Crippen molar-refractivity contribution >= 4 is 46.2 Å². The Bertz CT molecular complexity index is 888. The molecule has 0 saturated carbocycles. The standard InChI is InChI=1S/C18H18Cl2N4O4/c19-12-1-4-17(14(20)9-12)28-11-18(25)22-13-2-3-15(16(10-13)24(26)27)23-7-5-21-6-8-23/h1-4,9-10,21H,5-8,11H2,(H,22,25). The minimum Gasteiger partial charge on any atom is -0.482 e. The van der Waals surface area contributed by atoms with Crippen LogP contribution >= 0.6 is 23.2 Å². The van der Waals surface area contributed by atoms with Crippen molar-refractivity contribution in [3.8, 4) is 5.75 Å². The largest absolute Gasteiger partial charge is 0.482 e. The van der Waals surface area contributed by atoms with Gasteiger partial charge in [-0.1, -0.05) is 23.2 Å². The molecule has 8 nitrogen and oxygen atoms in total. The van der Waals surface area contributed by atoms with Gasteiger partial charge in [-0.2, -0.15) is 0 Å². The van der Waals surface area contributed by atoms with Crippen LogP contribution in [0.15, 0.2) is 36.4 Å². The Hall–Kier alpha value is -2.55. The molecule has 1 saturated heterocycles. The number of ether oxygens (including phenoxy) is 1. The first-order valence-corrected chi connectivity index (χ1v) is 9.31. The second kappa shape index (κ2) is 9.09. The highest BCUT2D eigenvalue weighted by Gasteiger charge is 2.22. The summed E-state index contributed by atoms with van der Waals surface area (Å²) in [5.74, 6) is -0.142. The number of hydrogen-bond acceptors (Lipinski definition) is 6. The maximum atomic E-state index is 12.1. The van der Waals surface area contributed by atoms with Crippen LogP contribution in [0, 0.1) is 10.1 Å². The number of piperazine rings is 1. The van der Waals surface area contributed by atoms with Gasteiger partial charge >= 0.3 is 0 Å². The number of carbonyl (C=O) groups excluding carboxylic acids is 1. The maximum Gasteiger partial charge on any atom is 0.294 e. The van der Waals surface area contributed by atoms with Gasteiger partial charge in [0.2, 0.25) is 0 Å². The summed E-state index contributed by atoms with van der Waals surface area (Å²) in [5, 5.41) is 18.0. The molecule has 0 unspecified atom stereocenters. The van der Waals surface area contributed by atoms with Crippen LogP contribution in [0.5, 0.6) is 5.75 Å². The zero-order valence-electron chi connectivity index (χ0n) is 14.8. The summed E-state index contributed by atoms with van der Waals surface area (Å²) < 4.78 is 5.37. The van der Waals surface area contributed by atoms with Crippen molar-refractivity contribution in [2.75, 3.05) is 43.0 Å². The number of amides is 1. The van der Waals surface area contributed by atoms with E-state index in [9.17, 15) is 14.9 Å². The number of halogens is 2. The van der Waals surface area contributed by atoms with Crippen LogP contribution in [0.25, 0.3) is 0 Å². The van der Waals surface area contributed by atoms with E-state index in [2.05, 4.69) is 10.6 Å².